The van der Waals surface area contributed by atoms with Gasteiger partial charge in [0, 0.05) is 24.4 Å². The summed E-state index contributed by atoms with van der Waals surface area (Å²) >= 11 is 0. The van der Waals surface area contributed by atoms with Crippen LogP contribution in [0.2, 0.25) is 0 Å². The molecule has 0 aliphatic carbocycles. The summed E-state index contributed by atoms with van der Waals surface area (Å²) in [4.78, 5) is 17.9. The monoisotopic (exact) mass is 459 g/mol. The highest BCUT2D eigenvalue weighted by atomic mass is 19.1. The Balaban J connectivity index is 1.47. The smallest absolute Gasteiger partial charge is 0.226 e. The van der Waals surface area contributed by atoms with E-state index in [4.69, 9.17) is 0 Å². The molecule has 0 radical (unpaired) electrons. The lowest BCUT2D eigenvalue weighted by molar-refractivity contribution is -0.134. The van der Waals surface area contributed by atoms with Gasteiger partial charge in [-0.1, -0.05) is 18.2 Å². The van der Waals surface area contributed by atoms with Crippen LogP contribution in [0.1, 0.15) is 36.0 Å². The molecule has 0 spiro atoms. The molecule has 1 amide bonds. The van der Waals surface area contributed by atoms with Crippen molar-refractivity contribution in [1.29, 1.82) is 5.26 Å². The van der Waals surface area contributed by atoms with E-state index in [2.05, 4.69) is 18.0 Å². The number of amides is 1. The molecule has 0 bridgehead atoms. The molecule has 34 heavy (non-hydrogen) atoms. The number of rotatable bonds is 4. The van der Waals surface area contributed by atoms with Crippen molar-refractivity contribution in [1.82, 2.24) is 9.80 Å². The van der Waals surface area contributed by atoms with E-state index in [0.717, 1.165) is 48.9 Å². The summed E-state index contributed by atoms with van der Waals surface area (Å²) < 4.78 is 27.5. The SMILES string of the molecule is CN1CCC(c2ccc(F)cc2)(C2CCN(Cc3cc(C#N)cc4cc(F)ccc34)C2=O)CC1. The molecule has 2 heterocycles. The third-order valence-corrected chi connectivity index (χ3v) is 7.75. The van der Waals surface area contributed by atoms with Crippen LogP contribution in [-0.2, 0) is 16.8 Å². The lowest BCUT2D eigenvalue weighted by Crippen LogP contribution is -2.48. The maximum absolute atomic E-state index is 13.8. The summed E-state index contributed by atoms with van der Waals surface area (Å²) in [6, 6.07) is 16.9. The molecule has 2 aliphatic heterocycles. The summed E-state index contributed by atoms with van der Waals surface area (Å²) in [5.41, 5.74) is 2.03. The van der Waals surface area contributed by atoms with Crippen molar-refractivity contribution in [3.05, 3.63) is 82.9 Å². The highest BCUT2D eigenvalue weighted by Gasteiger charge is 2.49. The van der Waals surface area contributed by atoms with Crippen molar-refractivity contribution < 1.29 is 13.6 Å². The van der Waals surface area contributed by atoms with Gasteiger partial charge in [0.05, 0.1) is 11.6 Å². The zero-order valence-electron chi connectivity index (χ0n) is 19.2. The van der Waals surface area contributed by atoms with Crippen molar-refractivity contribution in [2.45, 2.75) is 31.2 Å². The molecule has 2 saturated heterocycles. The van der Waals surface area contributed by atoms with Crippen LogP contribution >= 0.6 is 0 Å². The number of hydrogen-bond acceptors (Lipinski definition) is 3. The molecule has 1 unspecified atom stereocenters. The number of halogens is 2. The molecular weight excluding hydrogens is 432 g/mol. The molecule has 1 atom stereocenters. The number of fused-ring (bicyclic) bond motifs is 1. The predicted octanol–water partition coefficient (Wildman–Crippen LogP) is 5.00. The van der Waals surface area contributed by atoms with E-state index < -0.39 is 0 Å². The van der Waals surface area contributed by atoms with Gasteiger partial charge < -0.3 is 9.80 Å². The molecule has 0 N–H and O–H groups in total. The van der Waals surface area contributed by atoms with Crippen LogP contribution in [0.3, 0.4) is 0 Å². The number of nitriles is 1. The molecule has 2 fully saturated rings. The third kappa shape index (κ3) is 3.95. The van der Waals surface area contributed by atoms with E-state index in [-0.39, 0.29) is 28.9 Å². The lowest BCUT2D eigenvalue weighted by atomic mass is 9.64. The average molecular weight is 460 g/mol. The number of likely N-dealkylation sites (tertiary alicyclic amines) is 2. The van der Waals surface area contributed by atoms with Gasteiger partial charge in [-0.05, 0) is 97.7 Å². The number of carbonyl (C=O) groups is 1. The molecule has 3 aromatic carbocycles. The first-order valence-electron chi connectivity index (χ1n) is 11.8. The molecule has 0 aromatic heterocycles. The second-order valence-electron chi connectivity index (χ2n) is 9.68. The van der Waals surface area contributed by atoms with Crippen LogP contribution in [0.4, 0.5) is 8.78 Å². The summed E-state index contributed by atoms with van der Waals surface area (Å²) in [6.45, 7) is 2.79. The fraction of sp³-hybridized carbons (Fsp3) is 0.357. The second-order valence-corrected chi connectivity index (χ2v) is 9.68. The Morgan fingerprint density at radius 3 is 2.41 bits per heavy atom. The van der Waals surface area contributed by atoms with E-state index in [0.29, 0.717) is 24.0 Å². The van der Waals surface area contributed by atoms with Crippen LogP contribution in [-0.4, -0.2) is 42.4 Å². The second kappa shape index (κ2) is 8.81. The van der Waals surface area contributed by atoms with Crippen LogP contribution in [0.25, 0.3) is 10.8 Å². The maximum Gasteiger partial charge on any atom is 0.226 e. The molecule has 6 heteroatoms. The largest absolute Gasteiger partial charge is 0.338 e. The topological polar surface area (TPSA) is 47.3 Å². The van der Waals surface area contributed by atoms with E-state index in [1.54, 1.807) is 18.2 Å². The summed E-state index contributed by atoms with van der Waals surface area (Å²) in [5.74, 6) is -0.692. The zero-order valence-corrected chi connectivity index (χ0v) is 19.2. The van der Waals surface area contributed by atoms with Crippen molar-refractivity contribution in [3.63, 3.8) is 0 Å². The molecule has 5 rings (SSSR count). The first-order valence-corrected chi connectivity index (χ1v) is 11.8. The summed E-state index contributed by atoms with van der Waals surface area (Å²) in [5, 5.41) is 11.0. The lowest BCUT2D eigenvalue weighted by Gasteiger charge is -2.44. The number of piperidine rings is 1. The van der Waals surface area contributed by atoms with Gasteiger partial charge in [0.25, 0.3) is 0 Å². The Hall–Kier alpha value is -3.30. The number of carbonyl (C=O) groups excluding carboxylic acids is 1. The van der Waals surface area contributed by atoms with Gasteiger partial charge in [-0.3, -0.25) is 4.79 Å². The predicted molar refractivity (Wildman–Crippen MR) is 127 cm³/mol. The highest BCUT2D eigenvalue weighted by molar-refractivity contribution is 5.88. The van der Waals surface area contributed by atoms with Crippen molar-refractivity contribution >= 4 is 16.7 Å². The van der Waals surface area contributed by atoms with Gasteiger partial charge in [0.15, 0.2) is 0 Å². The minimum absolute atomic E-state index is 0.103. The highest BCUT2D eigenvalue weighted by Crippen LogP contribution is 2.46. The van der Waals surface area contributed by atoms with E-state index >= 15 is 0 Å². The van der Waals surface area contributed by atoms with Crippen molar-refractivity contribution in [3.8, 4) is 6.07 Å². The first kappa shape index (κ1) is 22.5. The van der Waals surface area contributed by atoms with Gasteiger partial charge in [-0.2, -0.15) is 5.26 Å². The minimum atomic E-state index is -0.352. The number of benzene rings is 3. The Morgan fingerprint density at radius 1 is 1.00 bits per heavy atom. The van der Waals surface area contributed by atoms with Crippen LogP contribution in [0.5, 0.6) is 0 Å². The van der Waals surface area contributed by atoms with E-state index in [1.807, 2.05) is 17.0 Å². The van der Waals surface area contributed by atoms with Crippen LogP contribution in [0, 0.1) is 28.9 Å². The standard InChI is InChI=1S/C28H27F2N3O/c1-32-12-9-28(10-13-32,22-2-4-23(29)5-3-22)26-8-11-33(27(26)34)18-21-15-19(17-31)14-20-16-24(30)6-7-25(20)21/h2-7,14-16,26H,8-13,18H2,1H3. The molecule has 0 saturated carbocycles. The normalized spacial score (nSPS) is 20.6. The minimum Gasteiger partial charge on any atom is -0.338 e. The Morgan fingerprint density at radius 2 is 1.71 bits per heavy atom. The van der Waals surface area contributed by atoms with Gasteiger partial charge in [-0.15, -0.1) is 0 Å². The van der Waals surface area contributed by atoms with Crippen molar-refractivity contribution in [2.75, 3.05) is 26.7 Å². The van der Waals surface area contributed by atoms with E-state index in [9.17, 15) is 18.8 Å². The third-order valence-electron chi connectivity index (χ3n) is 7.75. The van der Waals surface area contributed by atoms with Gasteiger partial charge in [0.1, 0.15) is 11.6 Å². The summed E-state index contributed by atoms with van der Waals surface area (Å²) in [6.07, 6.45) is 2.45. The first-order chi connectivity index (χ1) is 16.4. The van der Waals surface area contributed by atoms with Crippen LogP contribution in [0.15, 0.2) is 54.6 Å². The fourth-order valence-corrected chi connectivity index (χ4v) is 5.87. The molecule has 4 nitrogen and oxygen atoms in total. The number of hydrogen-bond donors (Lipinski definition) is 0. The summed E-state index contributed by atoms with van der Waals surface area (Å²) in [7, 11) is 2.09. The fourth-order valence-electron chi connectivity index (χ4n) is 5.87. The Kier molecular flexibility index (Phi) is 5.83. The molecular formula is C28H27F2N3O. The Labute approximate surface area is 198 Å². The molecule has 2 aliphatic rings. The van der Waals surface area contributed by atoms with E-state index in [1.165, 1.54) is 24.3 Å². The quantitative estimate of drug-likeness (QED) is 0.552. The number of nitrogens with zero attached hydrogens (tertiary/aromatic N) is 3. The van der Waals surface area contributed by atoms with Gasteiger partial charge in [-0.25, -0.2) is 8.78 Å². The molecule has 174 valence electrons. The van der Waals surface area contributed by atoms with Crippen LogP contribution < -0.4 is 0 Å². The average Bonchev–Trinajstić information content (AvgIpc) is 3.20. The van der Waals surface area contributed by atoms with Gasteiger partial charge >= 0.3 is 0 Å². The Bertz CT molecular complexity index is 1270. The zero-order chi connectivity index (χ0) is 23.9. The molecule has 3 aromatic rings. The maximum atomic E-state index is 13.8. The van der Waals surface area contributed by atoms with Gasteiger partial charge in [0.2, 0.25) is 5.91 Å². The van der Waals surface area contributed by atoms with Crippen molar-refractivity contribution in [2.24, 2.45) is 5.92 Å².